The molecule has 0 spiro atoms. The summed E-state index contributed by atoms with van der Waals surface area (Å²) < 4.78 is 25.6. The maximum absolute atomic E-state index is 12.0. The van der Waals surface area contributed by atoms with Crippen LogP contribution in [-0.4, -0.2) is 33.9 Å². The van der Waals surface area contributed by atoms with Crippen molar-refractivity contribution in [2.45, 2.75) is 11.3 Å². The van der Waals surface area contributed by atoms with Crippen molar-refractivity contribution in [2.75, 3.05) is 5.75 Å². The molecule has 2 aromatic heterocycles. The lowest BCUT2D eigenvalue weighted by Crippen LogP contribution is -2.06. The SMILES string of the molecule is Cn1nccc1-c1nc(Cl)nc2c1S(=O)(=O)CC2. The van der Waals surface area contributed by atoms with Crippen LogP contribution in [0.3, 0.4) is 0 Å². The van der Waals surface area contributed by atoms with Gasteiger partial charge in [0.15, 0.2) is 9.84 Å². The summed E-state index contributed by atoms with van der Waals surface area (Å²) in [5.74, 6) is 0.0577. The molecule has 0 aliphatic carbocycles. The van der Waals surface area contributed by atoms with Crippen molar-refractivity contribution in [1.82, 2.24) is 19.7 Å². The van der Waals surface area contributed by atoms with Gasteiger partial charge in [0.05, 0.1) is 17.1 Å². The Morgan fingerprint density at radius 1 is 1.39 bits per heavy atom. The van der Waals surface area contributed by atoms with Crippen LogP contribution >= 0.6 is 11.6 Å². The van der Waals surface area contributed by atoms with E-state index < -0.39 is 9.84 Å². The molecule has 8 heteroatoms. The number of aromatic nitrogens is 4. The van der Waals surface area contributed by atoms with Gasteiger partial charge in [-0.15, -0.1) is 0 Å². The van der Waals surface area contributed by atoms with Crippen LogP contribution in [0.5, 0.6) is 0 Å². The normalized spacial score (nSPS) is 16.8. The Morgan fingerprint density at radius 3 is 2.83 bits per heavy atom. The third-order valence-electron chi connectivity index (χ3n) is 2.89. The summed E-state index contributed by atoms with van der Waals surface area (Å²) >= 11 is 5.84. The monoisotopic (exact) mass is 284 g/mol. The largest absolute Gasteiger partial charge is 0.266 e. The lowest BCUT2D eigenvalue weighted by atomic mass is 10.2. The molecule has 0 amide bonds. The van der Waals surface area contributed by atoms with Gasteiger partial charge in [-0.2, -0.15) is 5.10 Å². The lowest BCUT2D eigenvalue weighted by molar-refractivity contribution is 0.599. The molecule has 0 bridgehead atoms. The van der Waals surface area contributed by atoms with Gasteiger partial charge in [0.25, 0.3) is 0 Å². The molecule has 1 aliphatic heterocycles. The number of hydrogen-bond donors (Lipinski definition) is 0. The quantitative estimate of drug-likeness (QED) is 0.726. The van der Waals surface area contributed by atoms with Gasteiger partial charge in [-0.3, -0.25) is 4.68 Å². The molecule has 3 heterocycles. The van der Waals surface area contributed by atoms with Gasteiger partial charge in [-0.05, 0) is 17.7 Å². The number of rotatable bonds is 1. The highest BCUT2D eigenvalue weighted by Crippen LogP contribution is 2.33. The zero-order valence-corrected chi connectivity index (χ0v) is 11.0. The smallest absolute Gasteiger partial charge is 0.223 e. The second-order valence-corrected chi connectivity index (χ2v) is 6.41. The molecular formula is C10H9ClN4O2S. The van der Waals surface area contributed by atoms with E-state index in [1.165, 1.54) is 0 Å². The molecular weight excluding hydrogens is 276 g/mol. The van der Waals surface area contributed by atoms with Crippen LogP contribution in [0.15, 0.2) is 17.2 Å². The number of nitrogens with zero attached hydrogens (tertiary/aromatic N) is 4. The molecule has 0 radical (unpaired) electrons. The van der Waals surface area contributed by atoms with Crippen LogP contribution in [0.2, 0.25) is 5.28 Å². The van der Waals surface area contributed by atoms with Crippen LogP contribution in [0, 0.1) is 0 Å². The van der Waals surface area contributed by atoms with Crippen molar-refractivity contribution in [3.8, 4) is 11.4 Å². The van der Waals surface area contributed by atoms with Gasteiger partial charge in [0, 0.05) is 19.7 Å². The van der Waals surface area contributed by atoms with E-state index in [0.29, 0.717) is 23.5 Å². The van der Waals surface area contributed by atoms with Crippen LogP contribution in [0.4, 0.5) is 0 Å². The molecule has 0 saturated heterocycles. The summed E-state index contributed by atoms with van der Waals surface area (Å²) in [5, 5.41) is 4.07. The Labute approximate surface area is 109 Å². The van der Waals surface area contributed by atoms with Crippen LogP contribution in [0.1, 0.15) is 5.69 Å². The average Bonchev–Trinajstić information content (AvgIpc) is 2.82. The number of sulfone groups is 1. The maximum Gasteiger partial charge on any atom is 0.223 e. The fourth-order valence-electron chi connectivity index (χ4n) is 2.08. The maximum atomic E-state index is 12.0. The van der Waals surface area contributed by atoms with Gasteiger partial charge in [0.2, 0.25) is 5.28 Å². The summed E-state index contributed by atoms with van der Waals surface area (Å²) in [6.45, 7) is 0. The summed E-state index contributed by atoms with van der Waals surface area (Å²) in [7, 11) is -1.60. The third kappa shape index (κ3) is 1.62. The number of fused-ring (bicyclic) bond motifs is 1. The minimum atomic E-state index is -3.32. The van der Waals surface area contributed by atoms with Gasteiger partial charge in [-0.25, -0.2) is 18.4 Å². The standard InChI is InChI=1S/C10H9ClN4O2S/c1-15-7(2-4-12-15)8-9-6(13-10(11)14-8)3-5-18(9,16)17/h2,4H,3,5H2,1H3. The molecule has 0 N–H and O–H groups in total. The van der Waals surface area contributed by atoms with E-state index >= 15 is 0 Å². The van der Waals surface area contributed by atoms with E-state index in [0.717, 1.165) is 0 Å². The number of hydrogen-bond acceptors (Lipinski definition) is 5. The number of halogens is 1. The number of aryl methyl sites for hydroxylation is 2. The molecule has 1 aliphatic rings. The van der Waals surface area contributed by atoms with Crippen molar-refractivity contribution in [1.29, 1.82) is 0 Å². The van der Waals surface area contributed by atoms with Crippen molar-refractivity contribution >= 4 is 21.4 Å². The average molecular weight is 285 g/mol. The van der Waals surface area contributed by atoms with Gasteiger partial charge >= 0.3 is 0 Å². The van der Waals surface area contributed by atoms with Crippen LogP contribution in [-0.2, 0) is 23.3 Å². The van der Waals surface area contributed by atoms with E-state index in [4.69, 9.17) is 11.6 Å². The topological polar surface area (TPSA) is 77.7 Å². The van der Waals surface area contributed by atoms with E-state index in [1.54, 1.807) is 24.0 Å². The Bertz CT molecular complexity index is 738. The first kappa shape index (κ1) is 11.6. The summed E-state index contributed by atoms with van der Waals surface area (Å²) in [5.41, 5.74) is 1.44. The predicted octanol–water partition coefficient (Wildman–Crippen LogP) is 0.860. The zero-order valence-electron chi connectivity index (χ0n) is 9.46. The first-order chi connectivity index (χ1) is 8.49. The minimum Gasteiger partial charge on any atom is -0.266 e. The Morgan fingerprint density at radius 2 is 2.17 bits per heavy atom. The molecule has 18 heavy (non-hydrogen) atoms. The fourth-order valence-corrected chi connectivity index (χ4v) is 3.88. The van der Waals surface area contributed by atoms with E-state index in [1.807, 2.05) is 0 Å². The Hall–Kier alpha value is -1.47. The predicted molar refractivity (Wildman–Crippen MR) is 65.0 cm³/mol. The summed E-state index contributed by atoms with van der Waals surface area (Å²) in [6.07, 6.45) is 1.96. The molecule has 2 aromatic rings. The van der Waals surface area contributed by atoms with Gasteiger partial charge in [-0.1, -0.05) is 0 Å². The molecule has 0 unspecified atom stereocenters. The zero-order chi connectivity index (χ0) is 12.9. The lowest BCUT2D eigenvalue weighted by Gasteiger charge is -2.07. The molecule has 3 rings (SSSR count). The molecule has 94 valence electrons. The van der Waals surface area contributed by atoms with Crippen LogP contribution < -0.4 is 0 Å². The molecule has 0 fully saturated rings. The Balaban J connectivity index is 2.38. The first-order valence-corrected chi connectivity index (χ1v) is 7.29. The van der Waals surface area contributed by atoms with E-state index in [-0.39, 0.29) is 15.9 Å². The molecule has 0 saturated carbocycles. The van der Waals surface area contributed by atoms with Crippen molar-refractivity contribution in [3.05, 3.63) is 23.2 Å². The second-order valence-electron chi connectivity index (χ2n) is 4.03. The van der Waals surface area contributed by atoms with Crippen molar-refractivity contribution < 1.29 is 8.42 Å². The van der Waals surface area contributed by atoms with Crippen molar-refractivity contribution in [2.24, 2.45) is 7.05 Å². The molecule has 0 atom stereocenters. The second kappa shape index (κ2) is 3.76. The Kier molecular flexibility index (Phi) is 2.43. The summed E-state index contributed by atoms with van der Waals surface area (Å²) in [4.78, 5) is 8.24. The van der Waals surface area contributed by atoms with Crippen LogP contribution in [0.25, 0.3) is 11.4 Å². The third-order valence-corrected chi connectivity index (χ3v) is 4.85. The highest BCUT2D eigenvalue weighted by atomic mass is 35.5. The molecule has 0 aromatic carbocycles. The first-order valence-electron chi connectivity index (χ1n) is 5.26. The van der Waals surface area contributed by atoms with Gasteiger partial charge < -0.3 is 0 Å². The summed E-state index contributed by atoms with van der Waals surface area (Å²) in [6, 6.07) is 1.70. The highest BCUT2D eigenvalue weighted by molar-refractivity contribution is 7.91. The molecule has 6 nitrogen and oxygen atoms in total. The highest BCUT2D eigenvalue weighted by Gasteiger charge is 2.33. The van der Waals surface area contributed by atoms with E-state index in [2.05, 4.69) is 15.1 Å². The minimum absolute atomic E-state index is 0.0575. The fraction of sp³-hybridized carbons (Fsp3) is 0.300. The van der Waals surface area contributed by atoms with Gasteiger partial charge in [0.1, 0.15) is 10.6 Å². The van der Waals surface area contributed by atoms with E-state index in [9.17, 15) is 8.42 Å². The van der Waals surface area contributed by atoms with Crippen molar-refractivity contribution in [3.63, 3.8) is 0 Å².